The van der Waals surface area contributed by atoms with Crippen molar-refractivity contribution in [3.8, 4) is 5.75 Å². The summed E-state index contributed by atoms with van der Waals surface area (Å²) in [7, 11) is 1.48. The molecule has 1 spiro atoms. The maximum atomic E-state index is 12.7. The number of halogens is 4. The van der Waals surface area contributed by atoms with Crippen molar-refractivity contribution in [2.24, 2.45) is 10.1 Å². The van der Waals surface area contributed by atoms with Crippen LogP contribution in [-0.4, -0.2) is 77.6 Å². The number of carbonyl (C=O) groups excluding carboxylic acids is 2. The first-order valence-corrected chi connectivity index (χ1v) is 15.8. The smallest absolute Gasteiger partial charge is 0.311 e. The number of aliphatic imine (C=N–C) groups is 1. The minimum atomic E-state index is -1.63. The summed E-state index contributed by atoms with van der Waals surface area (Å²) in [4.78, 5) is 33.8. The van der Waals surface area contributed by atoms with E-state index in [1.165, 1.54) is 31.7 Å². The molecule has 4 rings (SSSR count). The Morgan fingerprint density at radius 3 is 2.65 bits per heavy atom. The van der Waals surface area contributed by atoms with E-state index >= 15 is 0 Å². The van der Waals surface area contributed by atoms with Gasteiger partial charge in [-0.3, -0.25) is 14.6 Å². The first kappa shape index (κ1) is 33.4. The summed E-state index contributed by atoms with van der Waals surface area (Å²) in [6.07, 6.45) is 3.09. The van der Waals surface area contributed by atoms with Gasteiger partial charge in [-0.1, -0.05) is 21.1 Å². The van der Waals surface area contributed by atoms with Crippen molar-refractivity contribution in [2.75, 3.05) is 26.8 Å². The summed E-state index contributed by atoms with van der Waals surface area (Å²) < 4.78 is 19.0. The van der Waals surface area contributed by atoms with E-state index in [2.05, 4.69) is 79.2 Å². The molecule has 1 aromatic rings. The third-order valence-electron chi connectivity index (χ3n) is 6.33. The van der Waals surface area contributed by atoms with Gasteiger partial charge in [-0.2, -0.15) is 0 Å². The summed E-state index contributed by atoms with van der Waals surface area (Å²) in [5.74, 6) is -1.81. The van der Waals surface area contributed by atoms with Gasteiger partial charge in [0.1, 0.15) is 23.5 Å². The number of ether oxygens (including phenoxy) is 3. The van der Waals surface area contributed by atoms with Crippen molar-refractivity contribution in [1.29, 1.82) is 0 Å². The van der Waals surface area contributed by atoms with Gasteiger partial charge in [0.2, 0.25) is 0 Å². The third kappa shape index (κ3) is 7.60. The summed E-state index contributed by atoms with van der Waals surface area (Å²) in [5.41, 5.74) is 0.392. The molecule has 1 unspecified atom stereocenters. The van der Waals surface area contributed by atoms with Crippen LogP contribution >= 0.6 is 63.7 Å². The maximum absolute atomic E-state index is 12.7. The lowest BCUT2D eigenvalue weighted by Crippen LogP contribution is -2.49. The molecule has 1 aliphatic carbocycles. The first-order valence-electron chi connectivity index (χ1n) is 12.6. The Hall–Kier alpha value is -2.50. The third-order valence-corrected chi connectivity index (χ3v) is 8.69. The van der Waals surface area contributed by atoms with Crippen molar-refractivity contribution < 1.29 is 44.0 Å². The van der Waals surface area contributed by atoms with E-state index in [4.69, 9.17) is 19.0 Å². The van der Waals surface area contributed by atoms with Crippen LogP contribution in [0.3, 0.4) is 0 Å². The van der Waals surface area contributed by atoms with Crippen molar-refractivity contribution in [2.45, 2.75) is 30.8 Å². The molecule has 0 saturated carbocycles. The van der Waals surface area contributed by atoms with E-state index in [0.717, 1.165) is 0 Å². The highest BCUT2D eigenvalue weighted by atomic mass is 79.9. The standard InChI is InChI=1S/C27H25Br4N3O9/c1-40-23-17(30)9-27(42-12-18(23)31)25(38)22(34-43-27)26(39)33-5-2-6-41-24-15(28)7-13(8-16(24)29)21(37)11-32-10-14-19(35)3-4-20(14)36/h3-4,7-8,10,12,21,25,35,37-38H,2,5-6,9,11H2,1H3,(H,33,39)/t21?,25-,27-/m0/s1. The molecular formula is C27H25Br4N3O9. The molecule has 0 fully saturated rings. The summed E-state index contributed by atoms with van der Waals surface area (Å²) >= 11 is 13.6. The van der Waals surface area contributed by atoms with Crippen molar-refractivity contribution in [3.63, 3.8) is 0 Å². The van der Waals surface area contributed by atoms with E-state index in [1.54, 1.807) is 12.1 Å². The van der Waals surface area contributed by atoms with Crippen LogP contribution in [0.25, 0.3) is 0 Å². The molecule has 3 atom stereocenters. The Labute approximate surface area is 279 Å². The minimum absolute atomic E-state index is 0.0302. The molecular weight excluding hydrogens is 830 g/mol. The summed E-state index contributed by atoms with van der Waals surface area (Å²) in [6.45, 7) is 0.423. The van der Waals surface area contributed by atoms with E-state index < -0.39 is 23.9 Å². The molecule has 1 amide bonds. The van der Waals surface area contributed by atoms with Crippen LogP contribution in [0, 0.1) is 0 Å². The molecule has 230 valence electrons. The zero-order valence-corrected chi connectivity index (χ0v) is 28.7. The summed E-state index contributed by atoms with van der Waals surface area (Å²) in [5, 5.41) is 37.5. The molecule has 16 heteroatoms. The van der Waals surface area contributed by atoms with Crippen molar-refractivity contribution >= 4 is 87.3 Å². The largest absolute Gasteiger partial charge is 0.507 e. The second kappa shape index (κ2) is 14.5. The Bertz CT molecular complexity index is 1460. The van der Waals surface area contributed by atoms with Crippen LogP contribution in [0.2, 0.25) is 0 Å². The zero-order chi connectivity index (χ0) is 31.3. The molecule has 12 nitrogen and oxygen atoms in total. The molecule has 0 radical (unpaired) electrons. The zero-order valence-electron chi connectivity index (χ0n) is 22.4. The molecule has 43 heavy (non-hydrogen) atoms. The van der Waals surface area contributed by atoms with Gasteiger partial charge in [0.15, 0.2) is 17.6 Å². The monoisotopic (exact) mass is 851 g/mol. The van der Waals surface area contributed by atoms with Gasteiger partial charge in [-0.05, 0) is 84.1 Å². The number of hydrogen-bond donors (Lipinski definition) is 4. The molecule has 0 bridgehead atoms. The number of oxime groups is 1. The number of nitrogens with one attached hydrogen (secondary N) is 1. The fraction of sp³-hybridized carbons (Fsp3) is 0.333. The molecule has 4 N–H and O–H groups in total. The number of amides is 1. The normalized spacial score (nSPS) is 22.4. The number of carbonyl (C=O) groups is 2. The van der Waals surface area contributed by atoms with Crippen LogP contribution in [0.1, 0.15) is 24.5 Å². The van der Waals surface area contributed by atoms with Gasteiger partial charge < -0.3 is 39.7 Å². The predicted molar refractivity (Wildman–Crippen MR) is 170 cm³/mol. The number of nitrogens with zero attached hydrogens (tertiary/aromatic N) is 2. The number of hydrogen-bond acceptors (Lipinski definition) is 11. The number of allylic oxidation sites excluding steroid dienone is 4. The fourth-order valence-corrected chi connectivity index (χ4v) is 7.06. The average molecular weight is 855 g/mol. The Morgan fingerprint density at radius 1 is 1.28 bits per heavy atom. The van der Waals surface area contributed by atoms with Gasteiger partial charge in [-0.25, -0.2) is 0 Å². The molecule has 2 heterocycles. The van der Waals surface area contributed by atoms with Crippen LogP contribution in [-0.2, 0) is 23.9 Å². The second-order valence-electron chi connectivity index (χ2n) is 9.26. The number of benzene rings is 1. The van der Waals surface area contributed by atoms with Gasteiger partial charge in [0, 0.05) is 17.2 Å². The molecule has 0 aromatic heterocycles. The molecule has 3 aliphatic rings. The van der Waals surface area contributed by atoms with Gasteiger partial charge in [0.25, 0.3) is 5.91 Å². The lowest BCUT2D eigenvalue weighted by atomic mass is 10.0. The molecule has 1 aromatic carbocycles. The van der Waals surface area contributed by atoms with E-state index in [0.29, 0.717) is 41.4 Å². The van der Waals surface area contributed by atoms with E-state index in [1.807, 2.05) is 0 Å². The highest BCUT2D eigenvalue weighted by Crippen LogP contribution is 2.41. The lowest BCUT2D eigenvalue weighted by molar-refractivity contribution is -0.225. The predicted octanol–water partition coefficient (Wildman–Crippen LogP) is 4.50. The topological polar surface area (TPSA) is 168 Å². The average Bonchev–Trinajstić information content (AvgIpc) is 3.41. The van der Waals surface area contributed by atoms with Crippen LogP contribution in [0.15, 0.2) is 75.7 Å². The highest BCUT2D eigenvalue weighted by Gasteiger charge is 2.54. The van der Waals surface area contributed by atoms with Crippen molar-refractivity contribution in [3.05, 3.63) is 71.1 Å². The Morgan fingerprint density at radius 2 is 2.00 bits per heavy atom. The van der Waals surface area contributed by atoms with Gasteiger partial charge in [0.05, 0.1) is 51.8 Å². The summed E-state index contributed by atoms with van der Waals surface area (Å²) in [6, 6.07) is 3.37. The quantitative estimate of drug-likeness (QED) is 0.185. The maximum Gasteiger partial charge on any atom is 0.311 e. The van der Waals surface area contributed by atoms with Crippen LogP contribution < -0.4 is 10.1 Å². The molecule has 0 saturated heterocycles. The number of rotatable bonds is 11. The highest BCUT2D eigenvalue weighted by molar-refractivity contribution is 9.12. The lowest BCUT2D eigenvalue weighted by Gasteiger charge is -2.27. The number of ketones is 1. The van der Waals surface area contributed by atoms with Crippen LogP contribution in [0.5, 0.6) is 5.75 Å². The Kier molecular flexibility index (Phi) is 11.3. The first-order chi connectivity index (χ1) is 20.5. The van der Waals surface area contributed by atoms with Crippen molar-refractivity contribution in [1.82, 2.24) is 5.32 Å². The van der Waals surface area contributed by atoms with E-state index in [-0.39, 0.29) is 48.9 Å². The number of aliphatic hydroxyl groups is 3. The second-order valence-corrected chi connectivity index (χ2v) is 12.8. The SMILES string of the molecule is COC1=C(Br)C[C@]2(OC=C1Br)ON=C(C(=O)NCCCOc1c(Br)cc(C(O)CN=CC3=C(O)C=CC3=O)cc1Br)[C@@H]2O. The van der Waals surface area contributed by atoms with Gasteiger partial charge in [-0.15, -0.1) is 0 Å². The van der Waals surface area contributed by atoms with E-state index in [9.17, 15) is 24.9 Å². The minimum Gasteiger partial charge on any atom is -0.507 e. The fourth-order valence-electron chi connectivity index (χ4n) is 4.08. The van der Waals surface area contributed by atoms with Crippen LogP contribution in [0.4, 0.5) is 0 Å². The number of aliphatic hydroxyl groups excluding tert-OH is 3. The number of methoxy groups -OCH3 is 1. The Balaban J connectivity index is 1.24. The van der Waals surface area contributed by atoms with Gasteiger partial charge >= 0.3 is 5.79 Å². The molecule has 2 aliphatic heterocycles.